The summed E-state index contributed by atoms with van der Waals surface area (Å²) in [6.45, 7) is 9.16. The minimum Gasteiger partial charge on any atom is -0.496 e. The number of carbonyl (C=O) groups is 1. The Labute approximate surface area is 157 Å². The van der Waals surface area contributed by atoms with Gasteiger partial charge in [0, 0.05) is 44.6 Å². The number of hydrogen-bond donors (Lipinski definition) is 2. The summed E-state index contributed by atoms with van der Waals surface area (Å²) in [5.41, 5.74) is 1.16. The number of methoxy groups -OCH3 is 1. The molecule has 0 saturated carbocycles. The zero-order chi connectivity index (χ0) is 18.9. The van der Waals surface area contributed by atoms with Gasteiger partial charge in [0.15, 0.2) is 5.96 Å². The second-order valence-corrected chi connectivity index (χ2v) is 6.69. The third-order valence-corrected chi connectivity index (χ3v) is 4.72. The third kappa shape index (κ3) is 5.38. The maximum Gasteiger partial charge on any atom is 0.222 e. The summed E-state index contributed by atoms with van der Waals surface area (Å²) in [5, 5.41) is 6.78. The number of benzene rings is 1. The highest BCUT2D eigenvalue weighted by molar-refractivity contribution is 5.80. The van der Waals surface area contributed by atoms with E-state index in [0.717, 1.165) is 43.3 Å². The van der Waals surface area contributed by atoms with Crippen LogP contribution in [0.15, 0.2) is 29.3 Å². The molecule has 2 N–H and O–H groups in total. The molecular formula is C20H32N4O2. The first kappa shape index (κ1) is 20.1. The fourth-order valence-electron chi connectivity index (χ4n) is 3.24. The van der Waals surface area contributed by atoms with Crippen molar-refractivity contribution < 1.29 is 9.53 Å². The molecule has 144 valence electrons. The van der Waals surface area contributed by atoms with E-state index < -0.39 is 0 Å². The van der Waals surface area contributed by atoms with Gasteiger partial charge in [-0.25, -0.2) is 0 Å². The zero-order valence-electron chi connectivity index (χ0n) is 16.4. The lowest BCUT2D eigenvalue weighted by atomic mass is 10.0. The van der Waals surface area contributed by atoms with Gasteiger partial charge in [0.2, 0.25) is 5.91 Å². The van der Waals surface area contributed by atoms with Crippen molar-refractivity contribution in [1.82, 2.24) is 15.5 Å². The van der Waals surface area contributed by atoms with Crippen LogP contribution >= 0.6 is 0 Å². The third-order valence-electron chi connectivity index (χ3n) is 4.72. The maximum absolute atomic E-state index is 11.8. The molecule has 1 saturated heterocycles. The SMILES string of the molecule is CCNC(=NCC(C)c1ccccc1OC)NC1CCN(C(=O)CC)C1. The Hall–Kier alpha value is -2.24. The molecule has 2 atom stereocenters. The zero-order valence-corrected chi connectivity index (χ0v) is 16.4. The normalized spacial score (nSPS) is 18.5. The lowest BCUT2D eigenvalue weighted by molar-refractivity contribution is -0.129. The molecule has 0 aliphatic carbocycles. The van der Waals surface area contributed by atoms with E-state index in [-0.39, 0.29) is 17.9 Å². The summed E-state index contributed by atoms with van der Waals surface area (Å²) < 4.78 is 5.46. The van der Waals surface area contributed by atoms with Crippen LogP contribution in [0.2, 0.25) is 0 Å². The Morgan fingerprint density at radius 2 is 2.15 bits per heavy atom. The molecule has 6 heteroatoms. The number of para-hydroxylation sites is 1. The Morgan fingerprint density at radius 3 is 2.85 bits per heavy atom. The van der Waals surface area contributed by atoms with Crippen LogP contribution < -0.4 is 15.4 Å². The van der Waals surface area contributed by atoms with Crippen molar-refractivity contribution >= 4 is 11.9 Å². The van der Waals surface area contributed by atoms with Gasteiger partial charge in [0.1, 0.15) is 5.75 Å². The average molecular weight is 361 g/mol. The first-order chi connectivity index (χ1) is 12.6. The predicted octanol–water partition coefficient (Wildman–Crippen LogP) is 2.36. The van der Waals surface area contributed by atoms with Gasteiger partial charge >= 0.3 is 0 Å². The Bertz CT molecular complexity index is 618. The van der Waals surface area contributed by atoms with Crippen molar-refractivity contribution in [2.75, 3.05) is 33.3 Å². The molecule has 0 spiro atoms. The minimum absolute atomic E-state index is 0.223. The van der Waals surface area contributed by atoms with Crippen LogP contribution in [0.4, 0.5) is 0 Å². The first-order valence-corrected chi connectivity index (χ1v) is 9.54. The molecule has 1 aromatic carbocycles. The van der Waals surface area contributed by atoms with E-state index in [2.05, 4.69) is 30.5 Å². The fraction of sp³-hybridized carbons (Fsp3) is 0.600. The highest BCUT2D eigenvalue weighted by atomic mass is 16.5. The number of amides is 1. The molecule has 1 heterocycles. The second kappa shape index (κ2) is 10.0. The average Bonchev–Trinajstić information content (AvgIpc) is 3.13. The molecule has 26 heavy (non-hydrogen) atoms. The van der Waals surface area contributed by atoms with Gasteiger partial charge < -0.3 is 20.3 Å². The largest absolute Gasteiger partial charge is 0.496 e. The second-order valence-electron chi connectivity index (χ2n) is 6.69. The summed E-state index contributed by atoms with van der Waals surface area (Å²) in [6.07, 6.45) is 1.52. The van der Waals surface area contributed by atoms with Crippen LogP contribution in [0.25, 0.3) is 0 Å². The number of guanidine groups is 1. The van der Waals surface area contributed by atoms with E-state index in [9.17, 15) is 4.79 Å². The molecule has 2 unspecified atom stereocenters. The molecule has 0 radical (unpaired) electrons. The predicted molar refractivity (Wildman–Crippen MR) is 106 cm³/mol. The van der Waals surface area contributed by atoms with Gasteiger partial charge in [-0.15, -0.1) is 0 Å². The molecule has 0 bridgehead atoms. The summed E-state index contributed by atoms with van der Waals surface area (Å²) in [6, 6.07) is 8.33. The molecule has 1 fully saturated rings. The topological polar surface area (TPSA) is 66.0 Å². The van der Waals surface area contributed by atoms with Crippen LogP contribution in [0, 0.1) is 0 Å². The van der Waals surface area contributed by atoms with E-state index in [4.69, 9.17) is 9.73 Å². The molecule has 0 aromatic heterocycles. The van der Waals surface area contributed by atoms with Gasteiger partial charge in [0.25, 0.3) is 0 Å². The van der Waals surface area contributed by atoms with Crippen LogP contribution in [0.5, 0.6) is 5.75 Å². The number of ether oxygens (including phenoxy) is 1. The van der Waals surface area contributed by atoms with Crippen LogP contribution in [-0.2, 0) is 4.79 Å². The lowest BCUT2D eigenvalue weighted by Gasteiger charge is -2.19. The Kier molecular flexibility index (Phi) is 7.75. The van der Waals surface area contributed by atoms with Gasteiger partial charge in [-0.3, -0.25) is 9.79 Å². The van der Waals surface area contributed by atoms with Crippen LogP contribution in [-0.4, -0.2) is 56.1 Å². The molecule has 2 rings (SSSR count). The monoisotopic (exact) mass is 360 g/mol. The number of nitrogens with one attached hydrogen (secondary N) is 2. The number of carbonyl (C=O) groups excluding carboxylic acids is 1. The number of nitrogens with zero attached hydrogens (tertiary/aromatic N) is 2. The van der Waals surface area contributed by atoms with E-state index in [1.54, 1.807) is 7.11 Å². The van der Waals surface area contributed by atoms with Crippen molar-refractivity contribution in [2.24, 2.45) is 4.99 Å². The maximum atomic E-state index is 11.8. The van der Waals surface area contributed by atoms with E-state index in [1.165, 1.54) is 0 Å². The standard InChI is InChI=1S/C20H32N4O2/c1-5-19(25)24-12-11-16(14-24)23-20(21-6-2)22-13-15(3)17-9-7-8-10-18(17)26-4/h7-10,15-16H,5-6,11-14H2,1-4H3,(H2,21,22,23). The molecular weight excluding hydrogens is 328 g/mol. The van der Waals surface area contributed by atoms with Gasteiger partial charge in [-0.1, -0.05) is 32.0 Å². The highest BCUT2D eigenvalue weighted by Gasteiger charge is 2.25. The summed E-state index contributed by atoms with van der Waals surface area (Å²) >= 11 is 0. The van der Waals surface area contributed by atoms with E-state index in [1.807, 2.05) is 30.0 Å². The van der Waals surface area contributed by atoms with Crippen molar-refractivity contribution in [3.63, 3.8) is 0 Å². The van der Waals surface area contributed by atoms with E-state index in [0.29, 0.717) is 13.0 Å². The number of likely N-dealkylation sites (tertiary alicyclic amines) is 1. The summed E-state index contributed by atoms with van der Waals surface area (Å²) in [7, 11) is 1.70. The van der Waals surface area contributed by atoms with Crippen molar-refractivity contribution in [1.29, 1.82) is 0 Å². The van der Waals surface area contributed by atoms with Crippen molar-refractivity contribution in [3.05, 3.63) is 29.8 Å². The fourth-order valence-corrected chi connectivity index (χ4v) is 3.24. The van der Waals surface area contributed by atoms with Crippen LogP contribution in [0.1, 0.15) is 45.1 Å². The number of rotatable bonds is 7. The van der Waals surface area contributed by atoms with Crippen molar-refractivity contribution in [3.8, 4) is 5.75 Å². The minimum atomic E-state index is 0.223. The molecule has 1 aromatic rings. The molecule has 6 nitrogen and oxygen atoms in total. The first-order valence-electron chi connectivity index (χ1n) is 9.54. The Morgan fingerprint density at radius 1 is 1.38 bits per heavy atom. The molecule has 1 aliphatic rings. The molecule has 1 amide bonds. The summed E-state index contributed by atoms with van der Waals surface area (Å²) in [4.78, 5) is 18.5. The number of hydrogen-bond acceptors (Lipinski definition) is 3. The quantitative estimate of drug-likeness (QED) is 0.579. The Balaban J connectivity index is 1.97. The lowest BCUT2D eigenvalue weighted by Crippen LogP contribution is -2.45. The van der Waals surface area contributed by atoms with Gasteiger partial charge in [0.05, 0.1) is 7.11 Å². The van der Waals surface area contributed by atoms with E-state index >= 15 is 0 Å². The summed E-state index contributed by atoms with van der Waals surface area (Å²) in [5.74, 6) is 2.19. The van der Waals surface area contributed by atoms with Crippen LogP contribution in [0.3, 0.4) is 0 Å². The van der Waals surface area contributed by atoms with Gasteiger partial charge in [-0.2, -0.15) is 0 Å². The van der Waals surface area contributed by atoms with Crippen molar-refractivity contribution in [2.45, 2.75) is 45.6 Å². The smallest absolute Gasteiger partial charge is 0.222 e. The molecule has 1 aliphatic heterocycles. The highest BCUT2D eigenvalue weighted by Crippen LogP contribution is 2.26. The number of aliphatic imine (C=N–C) groups is 1. The van der Waals surface area contributed by atoms with Gasteiger partial charge in [-0.05, 0) is 25.0 Å².